The number of ether oxygens (including phenoxy) is 1. The van der Waals surface area contributed by atoms with Gasteiger partial charge in [-0.25, -0.2) is 0 Å². The van der Waals surface area contributed by atoms with Gasteiger partial charge < -0.3 is 29.6 Å². The highest BCUT2D eigenvalue weighted by molar-refractivity contribution is 6.01. The standard InChI is InChI=1S/C36H44O8/c1-18-8-9-21-33(42)28(43-6)17-30(41)36(21,31-16-26(40)32-25(39)12-20(37)13-27(32)44-31)22(18)14-23-19(2)24(38)15-29-34(3,4)10-7-11-35(23,29)5/h8,12-13,16-17,21-24,29,33,37-39,42H,2,7,9-11,14-15H2,1,3-6H3/t21-,22+,23+,24+,29+,33+,35-,36-/m1/s1. The van der Waals surface area contributed by atoms with E-state index in [9.17, 15) is 30.0 Å². The normalized spacial score (nSPS) is 36.7. The van der Waals surface area contributed by atoms with E-state index in [1.165, 1.54) is 25.3 Å². The summed E-state index contributed by atoms with van der Waals surface area (Å²) in [7, 11) is 1.41. The first-order chi connectivity index (χ1) is 20.7. The number of phenols is 2. The Morgan fingerprint density at radius 2 is 1.80 bits per heavy atom. The lowest BCUT2D eigenvalue weighted by Gasteiger charge is -2.60. The van der Waals surface area contributed by atoms with Crippen LogP contribution in [-0.2, 0) is 14.9 Å². The molecule has 1 aromatic carbocycles. The van der Waals surface area contributed by atoms with Crippen molar-refractivity contribution in [1.29, 1.82) is 0 Å². The van der Waals surface area contributed by atoms with Crippen LogP contribution >= 0.6 is 0 Å². The third-order valence-electron chi connectivity index (χ3n) is 12.0. The lowest BCUT2D eigenvalue weighted by molar-refractivity contribution is -0.133. The zero-order valence-corrected chi connectivity index (χ0v) is 26.2. The number of hydrogen-bond donors (Lipinski definition) is 4. The Hall–Kier alpha value is -3.36. The first kappa shape index (κ1) is 30.7. The summed E-state index contributed by atoms with van der Waals surface area (Å²) in [6.07, 6.45) is 6.08. The number of carbonyl (C=O) groups is 1. The molecular weight excluding hydrogens is 560 g/mol. The van der Waals surface area contributed by atoms with Crippen molar-refractivity contribution < 1.29 is 34.4 Å². The zero-order chi connectivity index (χ0) is 31.9. The number of ketones is 1. The molecule has 0 radical (unpaired) electrons. The van der Waals surface area contributed by atoms with Gasteiger partial charge in [-0.05, 0) is 67.3 Å². The molecule has 0 aliphatic heterocycles. The number of phenolic OH excluding ortho intramolecular Hbond substituents is 2. The van der Waals surface area contributed by atoms with Gasteiger partial charge in [0, 0.05) is 36.1 Å². The van der Waals surface area contributed by atoms with Crippen LogP contribution < -0.4 is 5.43 Å². The van der Waals surface area contributed by atoms with Crippen molar-refractivity contribution in [2.45, 2.75) is 83.8 Å². The van der Waals surface area contributed by atoms with Crippen molar-refractivity contribution in [3.05, 3.63) is 69.8 Å². The van der Waals surface area contributed by atoms with E-state index in [0.717, 1.165) is 36.5 Å². The van der Waals surface area contributed by atoms with E-state index in [4.69, 9.17) is 9.15 Å². The maximum Gasteiger partial charge on any atom is 0.196 e. The third kappa shape index (κ3) is 4.24. The van der Waals surface area contributed by atoms with Crippen molar-refractivity contribution in [1.82, 2.24) is 0 Å². The van der Waals surface area contributed by atoms with Gasteiger partial charge in [-0.15, -0.1) is 0 Å². The predicted octanol–water partition coefficient (Wildman–Crippen LogP) is 5.66. The first-order valence-electron chi connectivity index (χ1n) is 15.7. The van der Waals surface area contributed by atoms with Crippen LogP contribution in [0.1, 0.15) is 72.0 Å². The first-order valence-corrected chi connectivity index (χ1v) is 15.7. The number of methoxy groups -OCH3 is 1. The van der Waals surface area contributed by atoms with Crippen molar-refractivity contribution in [2.24, 2.45) is 34.5 Å². The molecule has 8 nitrogen and oxygen atoms in total. The van der Waals surface area contributed by atoms with Crippen LogP contribution in [0.3, 0.4) is 0 Å². The maximum absolute atomic E-state index is 14.6. The van der Waals surface area contributed by atoms with Gasteiger partial charge in [0.05, 0.1) is 13.2 Å². The quantitative estimate of drug-likeness (QED) is 0.328. The Labute approximate surface area is 257 Å². The molecule has 44 heavy (non-hydrogen) atoms. The molecular formula is C36H44O8. The van der Waals surface area contributed by atoms with E-state index in [-0.39, 0.29) is 56.7 Å². The molecule has 6 rings (SSSR count). The Bertz CT molecular complexity index is 1660. The molecule has 8 heteroatoms. The maximum atomic E-state index is 14.6. The highest BCUT2D eigenvalue weighted by Crippen LogP contribution is 2.64. The SMILES string of the molecule is C=C1[C@@H](O)C[C@H]2C(C)(C)CCC[C@]2(C)[C@H]1C[C@H]1C(C)=CC[C@@H]2[C@H](O)C(OC)=CC(=O)[C@@]21c1cc(=O)c2c(O)cc(O)cc2o1. The molecule has 2 fully saturated rings. The number of aliphatic hydroxyl groups excluding tert-OH is 2. The van der Waals surface area contributed by atoms with Gasteiger partial charge in [-0.2, -0.15) is 0 Å². The van der Waals surface area contributed by atoms with E-state index in [1.807, 2.05) is 13.0 Å². The van der Waals surface area contributed by atoms with Crippen molar-refractivity contribution in [3.63, 3.8) is 0 Å². The van der Waals surface area contributed by atoms with Gasteiger partial charge in [0.15, 0.2) is 11.2 Å². The van der Waals surface area contributed by atoms with Gasteiger partial charge in [0.2, 0.25) is 0 Å². The number of aromatic hydroxyl groups is 2. The Balaban J connectivity index is 1.59. The van der Waals surface area contributed by atoms with Gasteiger partial charge >= 0.3 is 0 Å². The summed E-state index contributed by atoms with van der Waals surface area (Å²) in [6.45, 7) is 13.3. The second kappa shape index (κ2) is 10.3. The molecule has 0 unspecified atom stereocenters. The van der Waals surface area contributed by atoms with Crippen molar-refractivity contribution in [2.75, 3.05) is 7.11 Å². The molecule has 0 spiro atoms. The summed E-state index contributed by atoms with van der Waals surface area (Å²) in [6, 6.07) is 3.58. The molecule has 8 atom stereocenters. The number of benzene rings is 1. The molecule has 4 aliphatic carbocycles. The van der Waals surface area contributed by atoms with Gasteiger partial charge in [0.25, 0.3) is 0 Å². The van der Waals surface area contributed by atoms with Crippen LogP contribution in [0.4, 0.5) is 0 Å². The Morgan fingerprint density at radius 1 is 1.07 bits per heavy atom. The largest absolute Gasteiger partial charge is 0.508 e. The molecule has 2 saturated carbocycles. The van der Waals surface area contributed by atoms with E-state index >= 15 is 0 Å². The molecule has 0 saturated heterocycles. The molecule has 1 heterocycles. The number of hydrogen-bond acceptors (Lipinski definition) is 8. The number of fused-ring (bicyclic) bond motifs is 3. The number of carbonyl (C=O) groups excluding carboxylic acids is 1. The fourth-order valence-electron chi connectivity index (χ4n) is 9.87. The van der Waals surface area contributed by atoms with Gasteiger partial charge in [-0.1, -0.05) is 45.4 Å². The molecule has 4 N–H and O–H groups in total. The second-order valence-corrected chi connectivity index (χ2v) is 14.6. The Kier molecular flexibility index (Phi) is 7.21. The fourth-order valence-corrected chi connectivity index (χ4v) is 9.87. The van der Waals surface area contributed by atoms with Crippen LogP contribution in [0.2, 0.25) is 0 Å². The van der Waals surface area contributed by atoms with Crippen LogP contribution in [0.25, 0.3) is 11.0 Å². The summed E-state index contributed by atoms with van der Waals surface area (Å²) in [5.41, 5.74) is -0.566. The molecule has 1 aromatic heterocycles. The van der Waals surface area contributed by atoms with E-state index in [0.29, 0.717) is 19.3 Å². The minimum absolute atomic E-state index is 0.0205. The second-order valence-electron chi connectivity index (χ2n) is 14.6. The molecule has 236 valence electrons. The van der Waals surface area contributed by atoms with Crippen LogP contribution in [-0.4, -0.2) is 45.5 Å². The van der Waals surface area contributed by atoms with Crippen molar-refractivity contribution >= 4 is 16.8 Å². The topological polar surface area (TPSA) is 137 Å². The summed E-state index contributed by atoms with van der Waals surface area (Å²) < 4.78 is 11.8. The number of aliphatic hydroxyl groups is 2. The van der Waals surface area contributed by atoms with Gasteiger partial charge in [0.1, 0.15) is 45.5 Å². The summed E-state index contributed by atoms with van der Waals surface area (Å²) in [5, 5.41) is 43.6. The molecule has 2 aromatic rings. The van der Waals surface area contributed by atoms with E-state index in [2.05, 4.69) is 27.4 Å². The molecule has 0 bridgehead atoms. The molecule has 0 amide bonds. The number of rotatable bonds is 4. The third-order valence-corrected chi connectivity index (χ3v) is 12.0. The van der Waals surface area contributed by atoms with Crippen LogP contribution in [0.5, 0.6) is 11.5 Å². The average molecular weight is 605 g/mol. The lowest BCUT2D eigenvalue weighted by atomic mass is 9.44. The Morgan fingerprint density at radius 3 is 2.50 bits per heavy atom. The minimum atomic E-state index is -1.49. The average Bonchev–Trinajstić information content (AvgIpc) is 2.94. The lowest BCUT2D eigenvalue weighted by Crippen LogP contribution is -2.59. The highest BCUT2D eigenvalue weighted by Gasteiger charge is 2.63. The van der Waals surface area contributed by atoms with Gasteiger partial charge in [-0.3, -0.25) is 9.59 Å². The fraction of sp³-hybridized carbons (Fsp3) is 0.556. The van der Waals surface area contributed by atoms with E-state index < -0.39 is 40.6 Å². The minimum Gasteiger partial charge on any atom is -0.508 e. The molecule has 4 aliphatic rings. The zero-order valence-electron chi connectivity index (χ0n) is 26.2. The van der Waals surface area contributed by atoms with Crippen LogP contribution in [0.15, 0.2) is 63.0 Å². The summed E-state index contributed by atoms with van der Waals surface area (Å²) in [4.78, 5) is 28.2. The predicted molar refractivity (Wildman–Crippen MR) is 166 cm³/mol. The van der Waals surface area contributed by atoms with Crippen LogP contribution in [0, 0.1) is 34.5 Å². The smallest absolute Gasteiger partial charge is 0.196 e. The summed E-state index contributed by atoms with van der Waals surface area (Å²) >= 11 is 0. The monoisotopic (exact) mass is 604 g/mol. The van der Waals surface area contributed by atoms with Crippen molar-refractivity contribution in [3.8, 4) is 11.5 Å². The highest BCUT2D eigenvalue weighted by atomic mass is 16.5. The van der Waals surface area contributed by atoms with E-state index in [1.54, 1.807) is 0 Å². The number of allylic oxidation sites excluding steroid dienone is 3. The summed E-state index contributed by atoms with van der Waals surface area (Å²) in [5.74, 6) is -1.96.